The van der Waals surface area contributed by atoms with E-state index in [2.05, 4.69) is 10.1 Å². The highest BCUT2D eigenvalue weighted by Crippen LogP contribution is 2.25. The Kier molecular flexibility index (Phi) is 2.25. The summed E-state index contributed by atoms with van der Waals surface area (Å²) in [5.41, 5.74) is 1.72. The Morgan fingerprint density at radius 3 is 2.95 bits per heavy atom. The number of aromatic nitrogens is 3. The lowest BCUT2D eigenvalue weighted by atomic mass is 10.2. The molecule has 20 heavy (non-hydrogen) atoms. The number of hydrogen-bond donors (Lipinski definition) is 1. The van der Waals surface area contributed by atoms with Gasteiger partial charge in [-0.15, -0.1) is 0 Å². The van der Waals surface area contributed by atoms with Crippen LogP contribution in [0.25, 0.3) is 27.9 Å². The van der Waals surface area contributed by atoms with Crippen molar-refractivity contribution in [2.24, 2.45) is 0 Å². The molecule has 4 aromatic rings. The highest BCUT2D eigenvalue weighted by Gasteiger charge is 2.12. The van der Waals surface area contributed by atoms with Crippen molar-refractivity contribution in [3.63, 3.8) is 0 Å². The second-order valence-corrected chi connectivity index (χ2v) is 4.86. The van der Waals surface area contributed by atoms with E-state index in [0.717, 1.165) is 10.9 Å². The van der Waals surface area contributed by atoms with E-state index < -0.39 is 0 Å². The SMILES string of the molecule is O=c1[nH]c2ccc(Cl)cc2c2cc(-c3ccco3)nn12. The highest BCUT2D eigenvalue weighted by molar-refractivity contribution is 6.31. The number of fused-ring (bicyclic) bond motifs is 3. The van der Waals surface area contributed by atoms with Crippen LogP contribution >= 0.6 is 11.6 Å². The molecule has 0 bridgehead atoms. The van der Waals surface area contributed by atoms with Gasteiger partial charge in [0, 0.05) is 10.4 Å². The number of aromatic amines is 1. The zero-order valence-corrected chi connectivity index (χ0v) is 10.9. The monoisotopic (exact) mass is 285 g/mol. The van der Waals surface area contributed by atoms with E-state index in [1.54, 1.807) is 36.6 Å². The van der Waals surface area contributed by atoms with Gasteiger partial charge in [0.2, 0.25) is 0 Å². The first-order valence-corrected chi connectivity index (χ1v) is 6.35. The number of halogens is 1. The third-order valence-corrected chi connectivity index (χ3v) is 3.41. The van der Waals surface area contributed by atoms with Crippen molar-refractivity contribution < 1.29 is 4.42 Å². The number of hydrogen-bond acceptors (Lipinski definition) is 3. The predicted molar refractivity (Wildman–Crippen MR) is 76.0 cm³/mol. The first kappa shape index (κ1) is 11.3. The van der Waals surface area contributed by atoms with Crippen molar-refractivity contribution >= 4 is 28.0 Å². The summed E-state index contributed by atoms with van der Waals surface area (Å²) in [5.74, 6) is 0.614. The summed E-state index contributed by atoms with van der Waals surface area (Å²) >= 11 is 6.03. The molecule has 3 aromatic heterocycles. The van der Waals surface area contributed by atoms with Crippen LogP contribution in [0.3, 0.4) is 0 Å². The fourth-order valence-corrected chi connectivity index (χ4v) is 2.45. The van der Waals surface area contributed by atoms with Gasteiger partial charge in [-0.3, -0.25) is 0 Å². The molecule has 0 spiro atoms. The fourth-order valence-electron chi connectivity index (χ4n) is 2.28. The Hall–Kier alpha value is -2.53. The average Bonchev–Trinajstić information content (AvgIpc) is 3.08. The fraction of sp³-hybridized carbons (Fsp3) is 0. The molecule has 1 N–H and O–H groups in total. The van der Waals surface area contributed by atoms with E-state index in [-0.39, 0.29) is 5.69 Å². The molecule has 0 atom stereocenters. The molecule has 0 saturated heterocycles. The zero-order valence-electron chi connectivity index (χ0n) is 10.1. The van der Waals surface area contributed by atoms with E-state index in [1.165, 1.54) is 4.52 Å². The summed E-state index contributed by atoms with van der Waals surface area (Å²) in [6.07, 6.45) is 1.57. The van der Waals surface area contributed by atoms with Crippen molar-refractivity contribution in [2.75, 3.05) is 0 Å². The lowest BCUT2D eigenvalue weighted by Gasteiger charge is -2.00. The minimum absolute atomic E-state index is 0.298. The topological polar surface area (TPSA) is 63.3 Å². The summed E-state index contributed by atoms with van der Waals surface area (Å²) in [6, 6.07) is 10.7. The Morgan fingerprint density at radius 1 is 1.25 bits per heavy atom. The minimum atomic E-state index is -0.298. The van der Waals surface area contributed by atoms with E-state index in [0.29, 0.717) is 22.0 Å². The number of benzene rings is 1. The molecule has 6 heteroatoms. The van der Waals surface area contributed by atoms with E-state index in [1.807, 2.05) is 6.07 Å². The molecule has 0 aliphatic rings. The van der Waals surface area contributed by atoms with Gasteiger partial charge in [-0.25, -0.2) is 4.79 Å². The molecule has 0 aliphatic heterocycles. The van der Waals surface area contributed by atoms with Crippen LogP contribution in [0.4, 0.5) is 0 Å². The van der Waals surface area contributed by atoms with Crippen molar-refractivity contribution in [2.45, 2.75) is 0 Å². The maximum Gasteiger partial charge on any atom is 0.347 e. The molecule has 0 saturated carbocycles. The Morgan fingerprint density at radius 2 is 2.15 bits per heavy atom. The number of nitrogens with zero attached hydrogens (tertiary/aromatic N) is 2. The molecule has 5 nitrogen and oxygen atoms in total. The first-order valence-electron chi connectivity index (χ1n) is 5.97. The summed E-state index contributed by atoms with van der Waals surface area (Å²) in [4.78, 5) is 14.8. The van der Waals surface area contributed by atoms with Crippen LogP contribution in [0.2, 0.25) is 5.02 Å². The largest absolute Gasteiger partial charge is 0.463 e. The minimum Gasteiger partial charge on any atom is -0.463 e. The van der Waals surface area contributed by atoms with Gasteiger partial charge in [-0.2, -0.15) is 9.61 Å². The van der Waals surface area contributed by atoms with E-state index >= 15 is 0 Å². The third-order valence-electron chi connectivity index (χ3n) is 3.17. The molecule has 0 fully saturated rings. The molecule has 3 heterocycles. The summed E-state index contributed by atoms with van der Waals surface area (Å²) in [6.45, 7) is 0. The van der Waals surface area contributed by atoms with Gasteiger partial charge in [0.1, 0.15) is 5.69 Å². The molecular formula is C14H8ClN3O2. The molecule has 0 unspecified atom stereocenters. The van der Waals surface area contributed by atoms with Crippen LogP contribution in [0, 0.1) is 0 Å². The normalized spacial score (nSPS) is 11.4. The molecular weight excluding hydrogens is 278 g/mol. The number of nitrogens with one attached hydrogen (secondary N) is 1. The highest BCUT2D eigenvalue weighted by atomic mass is 35.5. The molecule has 0 radical (unpaired) electrons. The third kappa shape index (κ3) is 1.57. The predicted octanol–water partition coefficient (Wildman–Crippen LogP) is 3.09. The van der Waals surface area contributed by atoms with Crippen molar-refractivity contribution in [3.8, 4) is 11.5 Å². The second kappa shape index (κ2) is 3.98. The number of furan rings is 1. The van der Waals surface area contributed by atoms with Crippen LogP contribution < -0.4 is 5.69 Å². The van der Waals surface area contributed by atoms with Crippen molar-refractivity contribution in [1.29, 1.82) is 0 Å². The maximum atomic E-state index is 12.0. The lowest BCUT2D eigenvalue weighted by molar-refractivity contribution is 0.579. The summed E-state index contributed by atoms with van der Waals surface area (Å²) in [7, 11) is 0. The quantitative estimate of drug-likeness (QED) is 0.584. The van der Waals surface area contributed by atoms with Gasteiger partial charge in [0.25, 0.3) is 0 Å². The van der Waals surface area contributed by atoms with Crippen LogP contribution in [0.5, 0.6) is 0 Å². The van der Waals surface area contributed by atoms with Crippen LogP contribution in [-0.4, -0.2) is 14.6 Å². The molecule has 1 aromatic carbocycles. The number of rotatable bonds is 1. The maximum absolute atomic E-state index is 12.0. The first-order chi connectivity index (χ1) is 9.72. The Labute approximate surface area is 117 Å². The molecule has 0 aliphatic carbocycles. The second-order valence-electron chi connectivity index (χ2n) is 4.42. The van der Waals surface area contributed by atoms with Gasteiger partial charge in [-0.1, -0.05) is 11.6 Å². The Balaban J connectivity index is 2.15. The van der Waals surface area contributed by atoms with Crippen LogP contribution in [0.1, 0.15) is 0 Å². The van der Waals surface area contributed by atoms with Gasteiger partial charge < -0.3 is 9.40 Å². The molecule has 4 rings (SSSR count). The van der Waals surface area contributed by atoms with Gasteiger partial charge in [0.05, 0.1) is 17.3 Å². The van der Waals surface area contributed by atoms with Crippen LogP contribution in [0.15, 0.2) is 51.9 Å². The zero-order chi connectivity index (χ0) is 13.7. The smallest absolute Gasteiger partial charge is 0.347 e. The number of H-pyrrole nitrogens is 1. The van der Waals surface area contributed by atoms with E-state index in [4.69, 9.17) is 16.0 Å². The Bertz CT molecular complexity index is 983. The van der Waals surface area contributed by atoms with Gasteiger partial charge >= 0.3 is 5.69 Å². The van der Waals surface area contributed by atoms with Crippen molar-refractivity contribution in [1.82, 2.24) is 14.6 Å². The molecule has 98 valence electrons. The molecule has 0 amide bonds. The summed E-state index contributed by atoms with van der Waals surface area (Å²) in [5, 5.41) is 5.71. The van der Waals surface area contributed by atoms with Crippen LogP contribution in [-0.2, 0) is 0 Å². The van der Waals surface area contributed by atoms with E-state index in [9.17, 15) is 4.79 Å². The lowest BCUT2D eigenvalue weighted by Crippen LogP contribution is -2.17. The van der Waals surface area contributed by atoms with Gasteiger partial charge in [-0.05, 0) is 36.4 Å². The van der Waals surface area contributed by atoms with Gasteiger partial charge in [0.15, 0.2) is 5.76 Å². The van der Waals surface area contributed by atoms with Crippen molar-refractivity contribution in [3.05, 3.63) is 58.2 Å². The summed E-state index contributed by atoms with van der Waals surface area (Å²) < 4.78 is 6.63. The average molecular weight is 286 g/mol. The standard InChI is InChI=1S/C14H8ClN3O2/c15-8-3-4-10-9(6-8)12-7-11(13-2-1-5-20-13)17-18(12)14(19)16-10/h1-7H,(H,16,19).